The molecule has 27 heavy (non-hydrogen) atoms. The van der Waals surface area contributed by atoms with Crippen molar-refractivity contribution in [1.29, 1.82) is 0 Å². The molecule has 0 aromatic carbocycles. The van der Waals surface area contributed by atoms with Gasteiger partial charge in [0, 0.05) is 25.2 Å². The first-order chi connectivity index (χ1) is 12.6. The van der Waals surface area contributed by atoms with Crippen LogP contribution in [0.2, 0.25) is 0 Å². The molecule has 156 valence electrons. The standard InChI is InChI=1S/C19H33O6PS/c1-14(20)7-6-8-15(21)9-10-16-17(22)13-18(23)19(16)27-12-5-3-4-11-26(2,24)25/h5,9-10,12,14-17,19-22H,3-4,6-8,11,13H2,1-2H3,(H,24,25)/b10-9+,12-5-/t14?,15?,16-,17+,19+/m0/s1. The summed E-state index contributed by atoms with van der Waals surface area (Å²) < 4.78 is 11.2. The van der Waals surface area contributed by atoms with Crippen LogP contribution in [0.5, 0.6) is 0 Å². The van der Waals surface area contributed by atoms with Gasteiger partial charge in [0.05, 0.1) is 23.6 Å². The number of carbonyl (C=O) groups excluding carboxylic acids is 1. The number of allylic oxidation sites excluding steroid dienone is 1. The molecule has 0 amide bonds. The lowest BCUT2D eigenvalue weighted by molar-refractivity contribution is -0.117. The first-order valence-corrected chi connectivity index (χ1v) is 12.7. The van der Waals surface area contributed by atoms with Gasteiger partial charge in [-0.25, -0.2) is 0 Å². The highest BCUT2D eigenvalue weighted by Gasteiger charge is 2.40. The lowest BCUT2D eigenvalue weighted by atomic mass is 10.0. The summed E-state index contributed by atoms with van der Waals surface area (Å²) in [5.74, 6) is -0.351. The highest BCUT2D eigenvalue weighted by atomic mass is 32.2. The van der Waals surface area contributed by atoms with Crippen LogP contribution in [-0.4, -0.2) is 62.4 Å². The van der Waals surface area contributed by atoms with Crippen LogP contribution in [0.25, 0.3) is 0 Å². The fourth-order valence-electron chi connectivity index (χ4n) is 2.96. The second-order valence-corrected chi connectivity index (χ2v) is 11.0. The maximum atomic E-state index is 12.1. The van der Waals surface area contributed by atoms with Gasteiger partial charge in [0.1, 0.15) is 5.78 Å². The first kappa shape index (κ1) is 24.6. The smallest absolute Gasteiger partial charge is 0.197 e. The predicted molar refractivity (Wildman–Crippen MR) is 110 cm³/mol. The van der Waals surface area contributed by atoms with Crippen LogP contribution in [0.1, 0.15) is 45.4 Å². The number of thioether (sulfide) groups is 1. The molecule has 0 bridgehead atoms. The highest BCUT2D eigenvalue weighted by molar-refractivity contribution is 8.03. The molecule has 0 radical (unpaired) electrons. The summed E-state index contributed by atoms with van der Waals surface area (Å²) in [4.78, 5) is 21.4. The molecule has 1 fully saturated rings. The van der Waals surface area contributed by atoms with Gasteiger partial charge in [-0.05, 0) is 44.4 Å². The number of carbonyl (C=O) groups is 1. The molecule has 1 aliphatic carbocycles. The normalized spacial score (nSPS) is 28.1. The van der Waals surface area contributed by atoms with E-state index >= 15 is 0 Å². The topological polar surface area (TPSA) is 115 Å². The third-order valence-corrected chi connectivity index (χ3v) is 6.83. The van der Waals surface area contributed by atoms with Crippen molar-refractivity contribution in [3.63, 3.8) is 0 Å². The summed E-state index contributed by atoms with van der Waals surface area (Å²) in [6, 6.07) is 0. The van der Waals surface area contributed by atoms with Crippen molar-refractivity contribution in [3.05, 3.63) is 23.6 Å². The highest BCUT2D eigenvalue weighted by Crippen LogP contribution is 2.37. The zero-order valence-electron chi connectivity index (χ0n) is 16.1. The van der Waals surface area contributed by atoms with Crippen LogP contribution in [0.4, 0.5) is 0 Å². The Balaban J connectivity index is 2.48. The average molecular weight is 421 g/mol. The van der Waals surface area contributed by atoms with E-state index in [0.29, 0.717) is 32.1 Å². The van der Waals surface area contributed by atoms with Gasteiger partial charge < -0.3 is 20.2 Å². The van der Waals surface area contributed by atoms with E-state index in [1.54, 1.807) is 19.1 Å². The van der Waals surface area contributed by atoms with Crippen molar-refractivity contribution >= 4 is 24.9 Å². The maximum absolute atomic E-state index is 12.1. The molecule has 6 atom stereocenters. The Morgan fingerprint density at radius 2 is 2.00 bits per heavy atom. The molecule has 0 saturated heterocycles. The fourth-order valence-corrected chi connectivity index (χ4v) is 4.84. The van der Waals surface area contributed by atoms with Crippen LogP contribution < -0.4 is 0 Å². The summed E-state index contributed by atoms with van der Waals surface area (Å²) in [5, 5.41) is 30.8. The summed E-state index contributed by atoms with van der Waals surface area (Å²) in [7, 11) is -2.97. The molecule has 1 saturated carbocycles. The molecule has 0 aliphatic heterocycles. The second kappa shape index (κ2) is 12.2. The molecule has 0 aromatic heterocycles. The molecule has 0 aromatic rings. The molecule has 0 heterocycles. The van der Waals surface area contributed by atoms with E-state index in [2.05, 4.69) is 0 Å². The molecular formula is C19H33O6PS. The quantitative estimate of drug-likeness (QED) is 0.218. The molecule has 4 N–H and O–H groups in total. The summed E-state index contributed by atoms with van der Waals surface area (Å²) >= 11 is 1.35. The van der Waals surface area contributed by atoms with E-state index in [1.807, 2.05) is 11.5 Å². The van der Waals surface area contributed by atoms with Crippen molar-refractivity contribution in [3.8, 4) is 0 Å². The van der Waals surface area contributed by atoms with E-state index in [-0.39, 0.29) is 35.6 Å². The van der Waals surface area contributed by atoms with Crippen LogP contribution in [0.3, 0.4) is 0 Å². The summed E-state index contributed by atoms with van der Waals surface area (Å²) in [6.07, 6.45) is 6.98. The van der Waals surface area contributed by atoms with Gasteiger partial charge in [-0.1, -0.05) is 18.2 Å². The number of rotatable bonds is 12. The third kappa shape index (κ3) is 10.6. The van der Waals surface area contributed by atoms with Crippen LogP contribution in [0.15, 0.2) is 23.6 Å². The number of ketones is 1. The number of hydrogen-bond donors (Lipinski definition) is 4. The minimum absolute atomic E-state index is 0.0104. The number of Topliss-reactive ketones (excluding diaryl/α,β-unsaturated/α-hetero) is 1. The molecular weight excluding hydrogens is 387 g/mol. The summed E-state index contributed by atoms with van der Waals surface area (Å²) in [5.41, 5.74) is 0. The number of aliphatic hydroxyl groups is 3. The first-order valence-electron chi connectivity index (χ1n) is 9.45. The second-order valence-electron chi connectivity index (χ2n) is 7.39. The Kier molecular flexibility index (Phi) is 11.1. The van der Waals surface area contributed by atoms with Gasteiger partial charge in [-0.15, -0.1) is 11.8 Å². The number of hydrogen-bond acceptors (Lipinski definition) is 6. The predicted octanol–water partition coefficient (Wildman–Crippen LogP) is 2.70. The fraction of sp³-hybridized carbons (Fsp3) is 0.737. The Morgan fingerprint density at radius 3 is 2.63 bits per heavy atom. The van der Waals surface area contributed by atoms with Gasteiger partial charge in [-0.3, -0.25) is 9.36 Å². The number of unbranched alkanes of at least 4 members (excludes halogenated alkanes) is 1. The monoisotopic (exact) mass is 420 g/mol. The Labute approximate surface area is 166 Å². The van der Waals surface area contributed by atoms with Crippen molar-refractivity contribution in [2.45, 2.75) is 69.0 Å². The lowest BCUT2D eigenvalue weighted by Gasteiger charge is -2.16. The average Bonchev–Trinajstić information content (AvgIpc) is 2.80. The third-order valence-electron chi connectivity index (χ3n) is 4.46. The van der Waals surface area contributed by atoms with Gasteiger partial charge >= 0.3 is 0 Å². The van der Waals surface area contributed by atoms with Crippen molar-refractivity contribution in [2.75, 3.05) is 12.8 Å². The van der Waals surface area contributed by atoms with Crippen molar-refractivity contribution in [2.24, 2.45) is 5.92 Å². The maximum Gasteiger partial charge on any atom is 0.197 e. The van der Waals surface area contributed by atoms with Crippen molar-refractivity contribution in [1.82, 2.24) is 0 Å². The Morgan fingerprint density at radius 1 is 1.30 bits per heavy atom. The van der Waals surface area contributed by atoms with Crippen LogP contribution >= 0.6 is 19.1 Å². The molecule has 1 aliphatic rings. The Hall–Kier alpha value is -0.430. The largest absolute Gasteiger partial charge is 0.393 e. The lowest BCUT2D eigenvalue weighted by Crippen LogP contribution is -2.21. The van der Waals surface area contributed by atoms with Crippen molar-refractivity contribution < 1.29 is 29.6 Å². The van der Waals surface area contributed by atoms with Crippen LogP contribution in [0, 0.1) is 5.92 Å². The van der Waals surface area contributed by atoms with Gasteiger partial charge in [0.15, 0.2) is 7.37 Å². The number of aliphatic hydroxyl groups excluding tert-OH is 3. The Bertz CT molecular complexity index is 556. The molecule has 1 rings (SSSR count). The molecule has 8 heteroatoms. The van der Waals surface area contributed by atoms with Gasteiger partial charge in [0.2, 0.25) is 0 Å². The van der Waals surface area contributed by atoms with Crippen LogP contribution in [-0.2, 0) is 9.36 Å². The van der Waals surface area contributed by atoms with E-state index in [9.17, 15) is 29.6 Å². The van der Waals surface area contributed by atoms with E-state index in [1.165, 1.54) is 18.4 Å². The minimum Gasteiger partial charge on any atom is -0.393 e. The van der Waals surface area contributed by atoms with E-state index < -0.39 is 19.6 Å². The van der Waals surface area contributed by atoms with E-state index in [0.717, 1.165) is 0 Å². The minimum atomic E-state index is -2.97. The summed E-state index contributed by atoms with van der Waals surface area (Å²) in [6.45, 7) is 3.06. The zero-order chi connectivity index (χ0) is 20.4. The zero-order valence-corrected chi connectivity index (χ0v) is 17.8. The van der Waals surface area contributed by atoms with Gasteiger partial charge in [0.25, 0.3) is 0 Å². The van der Waals surface area contributed by atoms with Gasteiger partial charge in [-0.2, -0.15) is 0 Å². The van der Waals surface area contributed by atoms with E-state index in [4.69, 9.17) is 0 Å². The molecule has 6 nitrogen and oxygen atoms in total. The molecule has 3 unspecified atom stereocenters. The SMILES string of the molecule is CC(O)CCCC(O)/C=C/[C@H]1[C@H](O)CC(=O)[C@@H]1S/C=C\CCCP(C)(=O)O. The molecule has 0 spiro atoms.